The summed E-state index contributed by atoms with van der Waals surface area (Å²) in [7, 11) is 1.99. The van der Waals surface area contributed by atoms with Gasteiger partial charge in [-0.25, -0.2) is 0 Å². The molecule has 0 radical (unpaired) electrons. The summed E-state index contributed by atoms with van der Waals surface area (Å²) < 4.78 is 0. The molecule has 0 aromatic carbocycles. The number of β-amino-alcohol motifs (C(OH)–C–C–N with tert-alkyl or cyclic N) is 1. The summed E-state index contributed by atoms with van der Waals surface area (Å²) in [6.45, 7) is 7.40. The van der Waals surface area contributed by atoms with Gasteiger partial charge in [0.25, 0.3) is 0 Å². The summed E-state index contributed by atoms with van der Waals surface area (Å²) in [4.78, 5) is 2.39. The first-order valence-electron chi connectivity index (χ1n) is 5.22. The molecule has 1 fully saturated rings. The number of aliphatic hydroxyl groups is 1. The molecule has 3 heteroatoms. The monoisotopic (exact) mass is 186 g/mol. The SMILES string of the molecule is CNCC(C(C)C)N1CCC(O)C1. The third-order valence-corrected chi connectivity index (χ3v) is 2.85. The number of likely N-dealkylation sites (tertiary alicyclic amines) is 1. The van der Waals surface area contributed by atoms with Gasteiger partial charge in [-0.2, -0.15) is 0 Å². The standard InChI is InChI=1S/C10H22N2O/c1-8(2)10(6-11-3)12-5-4-9(13)7-12/h8-11,13H,4-7H2,1-3H3. The Morgan fingerprint density at radius 2 is 2.23 bits per heavy atom. The number of hydrogen-bond donors (Lipinski definition) is 2. The van der Waals surface area contributed by atoms with E-state index in [1.807, 2.05) is 7.05 Å². The van der Waals surface area contributed by atoms with Gasteiger partial charge in [-0.1, -0.05) is 13.8 Å². The third kappa shape index (κ3) is 2.93. The van der Waals surface area contributed by atoms with E-state index in [0.717, 1.165) is 26.1 Å². The summed E-state index contributed by atoms with van der Waals surface area (Å²) in [6.07, 6.45) is 0.838. The predicted molar refractivity (Wildman–Crippen MR) is 54.7 cm³/mol. The maximum atomic E-state index is 9.44. The predicted octanol–water partition coefficient (Wildman–Crippen LogP) is 0.297. The molecule has 3 nitrogen and oxygen atoms in total. The average molecular weight is 186 g/mol. The number of nitrogens with zero attached hydrogens (tertiary/aromatic N) is 1. The average Bonchev–Trinajstić information content (AvgIpc) is 2.46. The Morgan fingerprint density at radius 3 is 2.62 bits per heavy atom. The first kappa shape index (κ1) is 11.0. The van der Waals surface area contributed by atoms with Crippen LogP contribution in [0.25, 0.3) is 0 Å². The first-order valence-corrected chi connectivity index (χ1v) is 5.22. The van der Waals surface area contributed by atoms with Crippen LogP contribution in [0.4, 0.5) is 0 Å². The highest BCUT2D eigenvalue weighted by atomic mass is 16.3. The van der Waals surface area contributed by atoms with Crippen molar-refractivity contribution in [1.82, 2.24) is 10.2 Å². The lowest BCUT2D eigenvalue weighted by molar-refractivity contribution is 0.140. The second-order valence-electron chi connectivity index (χ2n) is 4.31. The van der Waals surface area contributed by atoms with E-state index in [1.165, 1.54) is 0 Å². The van der Waals surface area contributed by atoms with Crippen LogP contribution < -0.4 is 5.32 Å². The van der Waals surface area contributed by atoms with Crippen LogP contribution in [0.3, 0.4) is 0 Å². The molecule has 0 bridgehead atoms. The van der Waals surface area contributed by atoms with E-state index >= 15 is 0 Å². The Balaban J connectivity index is 2.44. The highest BCUT2D eigenvalue weighted by Gasteiger charge is 2.28. The van der Waals surface area contributed by atoms with Crippen LogP contribution in [0.5, 0.6) is 0 Å². The number of likely N-dealkylation sites (N-methyl/N-ethyl adjacent to an activating group) is 1. The highest BCUT2D eigenvalue weighted by molar-refractivity contribution is 4.83. The number of hydrogen-bond acceptors (Lipinski definition) is 3. The smallest absolute Gasteiger partial charge is 0.0679 e. The second kappa shape index (κ2) is 4.94. The lowest BCUT2D eigenvalue weighted by atomic mass is 10.0. The van der Waals surface area contributed by atoms with Crippen molar-refractivity contribution >= 4 is 0 Å². The van der Waals surface area contributed by atoms with Crippen LogP contribution in [0.15, 0.2) is 0 Å². The van der Waals surface area contributed by atoms with E-state index in [1.54, 1.807) is 0 Å². The van der Waals surface area contributed by atoms with Gasteiger partial charge < -0.3 is 10.4 Å². The zero-order valence-corrected chi connectivity index (χ0v) is 8.95. The Morgan fingerprint density at radius 1 is 1.54 bits per heavy atom. The molecule has 0 spiro atoms. The van der Waals surface area contributed by atoms with Crippen molar-refractivity contribution in [2.75, 3.05) is 26.7 Å². The molecule has 0 saturated carbocycles. The molecule has 0 amide bonds. The lowest BCUT2D eigenvalue weighted by Crippen LogP contribution is -2.44. The molecule has 0 aromatic rings. The van der Waals surface area contributed by atoms with Gasteiger partial charge in [-0.05, 0) is 19.4 Å². The number of nitrogens with one attached hydrogen (secondary N) is 1. The van der Waals surface area contributed by atoms with Gasteiger partial charge in [-0.3, -0.25) is 4.90 Å². The van der Waals surface area contributed by atoms with Crippen molar-refractivity contribution < 1.29 is 5.11 Å². The van der Waals surface area contributed by atoms with Gasteiger partial charge in [0, 0.05) is 25.7 Å². The van der Waals surface area contributed by atoms with E-state index in [9.17, 15) is 5.11 Å². The van der Waals surface area contributed by atoms with Crippen molar-refractivity contribution in [3.05, 3.63) is 0 Å². The van der Waals surface area contributed by atoms with Crippen LogP contribution >= 0.6 is 0 Å². The summed E-state index contributed by atoms with van der Waals surface area (Å²) >= 11 is 0. The maximum Gasteiger partial charge on any atom is 0.0679 e. The van der Waals surface area contributed by atoms with Gasteiger partial charge in [-0.15, -0.1) is 0 Å². The molecule has 1 saturated heterocycles. The van der Waals surface area contributed by atoms with E-state index in [0.29, 0.717) is 12.0 Å². The van der Waals surface area contributed by atoms with E-state index in [-0.39, 0.29) is 6.10 Å². The summed E-state index contributed by atoms with van der Waals surface area (Å²) in [5.74, 6) is 0.651. The third-order valence-electron chi connectivity index (χ3n) is 2.85. The van der Waals surface area contributed by atoms with Crippen LogP contribution in [0.1, 0.15) is 20.3 Å². The molecular formula is C10H22N2O. The fourth-order valence-electron chi connectivity index (χ4n) is 2.06. The minimum absolute atomic E-state index is 0.0990. The van der Waals surface area contributed by atoms with Crippen LogP contribution in [0, 0.1) is 5.92 Å². The normalized spacial score (nSPS) is 27.0. The molecule has 2 N–H and O–H groups in total. The van der Waals surface area contributed by atoms with Crippen LogP contribution in [-0.2, 0) is 0 Å². The van der Waals surface area contributed by atoms with Crippen molar-refractivity contribution in [3.63, 3.8) is 0 Å². The van der Waals surface area contributed by atoms with Crippen molar-refractivity contribution in [1.29, 1.82) is 0 Å². The second-order valence-corrected chi connectivity index (χ2v) is 4.31. The van der Waals surface area contributed by atoms with Crippen molar-refractivity contribution in [3.8, 4) is 0 Å². The molecule has 0 aliphatic carbocycles. The lowest BCUT2D eigenvalue weighted by Gasteiger charge is -2.30. The maximum absolute atomic E-state index is 9.44. The quantitative estimate of drug-likeness (QED) is 0.663. The van der Waals surface area contributed by atoms with Gasteiger partial charge in [0.2, 0.25) is 0 Å². The highest BCUT2D eigenvalue weighted by Crippen LogP contribution is 2.17. The minimum Gasteiger partial charge on any atom is -0.392 e. The fraction of sp³-hybridized carbons (Fsp3) is 1.00. The van der Waals surface area contributed by atoms with Crippen molar-refractivity contribution in [2.24, 2.45) is 5.92 Å². The largest absolute Gasteiger partial charge is 0.392 e. The van der Waals surface area contributed by atoms with E-state index in [4.69, 9.17) is 0 Å². The Hall–Kier alpha value is -0.120. The zero-order chi connectivity index (χ0) is 9.84. The van der Waals surface area contributed by atoms with E-state index < -0.39 is 0 Å². The van der Waals surface area contributed by atoms with Gasteiger partial charge in [0.05, 0.1) is 6.10 Å². The minimum atomic E-state index is -0.0990. The Kier molecular flexibility index (Phi) is 4.16. The summed E-state index contributed by atoms with van der Waals surface area (Å²) in [5.41, 5.74) is 0. The molecule has 1 heterocycles. The molecule has 1 rings (SSSR count). The molecule has 0 aromatic heterocycles. The van der Waals surface area contributed by atoms with Gasteiger partial charge >= 0.3 is 0 Å². The van der Waals surface area contributed by atoms with E-state index in [2.05, 4.69) is 24.1 Å². The molecule has 1 aliphatic rings. The van der Waals surface area contributed by atoms with Gasteiger partial charge in [0.1, 0.15) is 0 Å². The summed E-state index contributed by atoms with van der Waals surface area (Å²) in [5, 5.41) is 12.7. The zero-order valence-electron chi connectivity index (χ0n) is 8.95. The molecular weight excluding hydrogens is 164 g/mol. The molecule has 2 unspecified atom stereocenters. The van der Waals surface area contributed by atoms with Crippen LogP contribution in [-0.4, -0.2) is 48.8 Å². The molecule has 78 valence electrons. The first-order chi connectivity index (χ1) is 6.15. The van der Waals surface area contributed by atoms with Crippen molar-refractivity contribution in [2.45, 2.75) is 32.4 Å². The molecule has 13 heavy (non-hydrogen) atoms. The van der Waals surface area contributed by atoms with Gasteiger partial charge in [0.15, 0.2) is 0 Å². The van der Waals surface area contributed by atoms with Crippen LogP contribution in [0.2, 0.25) is 0 Å². The number of rotatable bonds is 4. The molecule has 1 aliphatic heterocycles. The summed E-state index contributed by atoms with van der Waals surface area (Å²) in [6, 6.07) is 0.571. The Labute approximate surface area is 81.1 Å². The topological polar surface area (TPSA) is 35.5 Å². The fourth-order valence-corrected chi connectivity index (χ4v) is 2.06. The molecule has 2 atom stereocenters. The number of aliphatic hydroxyl groups excluding tert-OH is 1. The Bertz CT molecular complexity index is 150.